The third-order valence-electron chi connectivity index (χ3n) is 5.71. The summed E-state index contributed by atoms with van der Waals surface area (Å²) in [6.45, 7) is 0.768. The monoisotopic (exact) mass is 441 g/mol. The fourth-order valence-corrected chi connectivity index (χ4v) is 4.66. The predicted octanol–water partition coefficient (Wildman–Crippen LogP) is 6.21. The summed E-state index contributed by atoms with van der Waals surface area (Å²) in [5.41, 5.74) is 4.30. The summed E-state index contributed by atoms with van der Waals surface area (Å²) in [4.78, 5) is 15.7. The average molecular weight is 442 g/mol. The molecule has 2 aliphatic carbocycles. The minimum absolute atomic E-state index is 0.0863. The number of allylic oxidation sites excluding steroid dienone is 2. The Labute approximate surface area is 173 Å². The van der Waals surface area contributed by atoms with Crippen LogP contribution in [-0.2, 0) is 0 Å². The van der Waals surface area contributed by atoms with Crippen molar-refractivity contribution in [1.82, 2.24) is 4.98 Å². The number of ether oxygens (including phenoxy) is 1. The summed E-state index contributed by atoms with van der Waals surface area (Å²) in [7, 11) is 0. The molecule has 1 saturated carbocycles. The first-order chi connectivity index (χ1) is 13.6. The first-order valence-corrected chi connectivity index (χ1v) is 10.8. The predicted molar refractivity (Wildman–Crippen MR) is 113 cm³/mol. The Hall–Kier alpha value is -2.14. The van der Waals surface area contributed by atoms with E-state index in [1.54, 1.807) is 6.07 Å². The smallest absolute Gasteiger partial charge is 0.354 e. The van der Waals surface area contributed by atoms with Gasteiger partial charge in [0.25, 0.3) is 0 Å². The van der Waals surface area contributed by atoms with Crippen molar-refractivity contribution in [1.29, 1.82) is 0 Å². The van der Waals surface area contributed by atoms with Crippen LogP contribution in [0.2, 0.25) is 0 Å². The number of carboxylic acids is 1. The number of hydrogen-bond donors (Lipinski definition) is 1. The summed E-state index contributed by atoms with van der Waals surface area (Å²) in [5.74, 6) is 0.575. The van der Waals surface area contributed by atoms with Crippen molar-refractivity contribution in [2.75, 3.05) is 6.61 Å². The van der Waals surface area contributed by atoms with Crippen LogP contribution < -0.4 is 4.74 Å². The molecule has 1 aromatic heterocycles. The lowest BCUT2D eigenvalue weighted by Gasteiger charge is -2.17. The number of benzene rings is 1. The Bertz CT molecular complexity index is 916. The summed E-state index contributed by atoms with van der Waals surface area (Å²) in [6, 6.07) is 11.4. The molecule has 1 N–H and O–H groups in total. The largest absolute Gasteiger partial charge is 0.493 e. The molecule has 0 amide bonds. The number of hydrogen-bond acceptors (Lipinski definition) is 3. The van der Waals surface area contributed by atoms with Gasteiger partial charge in [-0.2, -0.15) is 0 Å². The van der Waals surface area contributed by atoms with Gasteiger partial charge in [-0.3, -0.25) is 0 Å². The van der Waals surface area contributed by atoms with E-state index in [4.69, 9.17) is 4.74 Å². The SMILES string of the molecule is O=C(O)c1cccc(C2=C(c3cc(Br)ccc3OCC3CCCC3)CCC2)n1. The maximum atomic E-state index is 11.3. The Morgan fingerprint density at radius 3 is 2.68 bits per heavy atom. The Balaban J connectivity index is 1.69. The van der Waals surface area contributed by atoms with Gasteiger partial charge >= 0.3 is 5.97 Å². The number of carboxylic acid groups (broad SMARTS) is 1. The molecule has 0 spiro atoms. The fraction of sp³-hybridized carbons (Fsp3) is 0.391. The molecule has 28 heavy (non-hydrogen) atoms. The highest BCUT2D eigenvalue weighted by Crippen LogP contribution is 2.43. The first kappa shape index (κ1) is 19.2. The second-order valence-corrected chi connectivity index (χ2v) is 8.54. The van der Waals surface area contributed by atoms with Gasteiger partial charge in [-0.25, -0.2) is 9.78 Å². The van der Waals surface area contributed by atoms with Crippen LogP contribution in [0.15, 0.2) is 40.9 Å². The van der Waals surface area contributed by atoms with Crippen molar-refractivity contribution >= 4 is 33.0 Å². The lowest BCUT2D eigenvalue weighted by atomic mass is 9.98. The highest BCUT2D eigenvalue weighted by atomic mass is 79.9. The van der Waals surface area contributed by atoms with Gasteiger partial charge in [0.1, 0.15) is 11.4 Å². The maximum Gasteiger partial charge on any atom is 0.354 e. The van der Waals surface area contributed by atoms with E-state index in [1.165, 1.54) is 37.3 Å². The zero-order valence-electron chi connectivity index (χ0n) is 15.8. The number of carbonyl (C=O) groups is 1. The highest BCUT2D eigenvalue weighted by Gasteiger charge is 2.23. The summed E-state index contributed by atoms with van der Waals surface area (Å²) in [6.07, 6.45) is 8.02. The second kappa shape index (κ2) is 8.48. The molecular formula is C23H24BrNO3. The van der Waals surface area contributed by atoms with Crippen LogP contribution in [0.1, 0.15) is 66.7 Å². The zero-order valence-corrected chi connectivity index (χ0v) is 17.4. The van der Waals surface area contributed by atoms with E-state index in [9.17, 15) is 9.90 Å². The third-order valence-corrected chi connectivity index (χ3v) is 6.20. The van der Waals surface area contributed by atoms with Crippen molar-refractivity contribution in [3.05, 3.63) is 57.8 Å². The molecule has 2 aliphatic rings. The minimum Gasteiger partial charge on any atom is -0.493 e. The summed E-state index contributed by atoms with van der Waals surface area (Å²) in [5, 5.41) is 9.28. The van der Waals surface area contributed by atoms with Crippen molar-refractivity contribution < 1.29 is 14.6 Å². The van der Waals surface area contributed by atoms with Gasteiger partial charge in [0, 0.05) is 10.0 Å². The molecule has 5 heteroatoms. The van der Waals surface area contributed by atoms with Gasteiger partial charge in [0.2, 0.25) is 0 Å². The van der Waals surface area contributed by atoms with Crippen molar-refractivity contribution in [3.63, 3.8) is 0 Å². The lowest BCUT2D eigenvalue weighted by molar-refractivity contribution is 0.0690. The van der Waals surface area contributed by atoms with Crippen LogP contribution in [0.25, 0.3) is 11.1 Å². The molecule has 146 valence electrons. The zero-order chi connectivity index (χ0) is 19.5. The standard InChI is InChI=1S/C23H24BrNO3/c24-16-11-12-22(28-14-15-5-1-2-6-15)19(13-16)17-7-3-8-18(17)20-9-4-10-21(25-20)23(26)27/h4,9-13,15H,1-3,5-8,14H2,(H,26,27). The fourth-order valence-electron chi connectivity index (χ4n) is 4.29. The molecule has 0 radical (unpaired) electrons. The molecule has 1 heterocycles. The minimum atomic E-state index is -0.995. The summed E-state index contributed by atoms with van der Waals surface area (Å²) < 4.78 is 7.28. The summed E-state index contributed by atoms with van der Waals surface area (Å²) >= 11 is 3.60. The van der Waals surface area contributed by atoms with Crippen molar-refractivity contribution in [2.24, 2.45) is 5.92 Å². The van der Waals surface area contributed by atoms with Crippen LogP contribution in [0, 0.1) is 5.92 Å². The number of rotatable bonds is 6. The van der Waals surface area contributed by atoms with E-state index >= 15 is 0 Å². The Morgan fingerprint density at radius 2 is 1.89 bits per heavy atom. The highest BCUT2D eigenvalue weighted by molar-refractivity contribution is 9.10. The second-order valence-electron chi connectivity index (χ2n) is 7.63. The van der Waals surface area contributed by atoms with Gasteiger partial charge < -0.3 is 9.84 Å². The van der Waals surface area contributed by atoms with Gasteiger partial charge in [0.15, 0.2) is 0 Å². The van der Waals surface area contributed by atoms with Gasteiger partial charge in [-0.05, 0) is 79.5 Å². The number of halogens is 1. The number of pyridine rings is 1. The number of aromatic carboxylic acids is 1. The third kappa shape index (κ3) is 4.14. The maximum absolute atomic E-state index is 11.3. The van der Waals surface area contributed by atoms with E-state index in [1.807, 2.05) is 18.2 Å². The molecule has 1 aromatic carbocycles. The van der Waals surface area contributed by atoms with E-state index in [2.05, 4.69) is 27.0 Å². The number of aromatic nitrogens is 1. The van der Waals surface area contributed by atoms with Gasteiger partial charge in [0.05, 0.1) is 12.3 Å². The Kier molecular flexibility index (Phi) is 5.81. The molecule has 4 nitrogen and oxygen atoms in total. The van der Waals surface area contributed by atoms with Crippen LogP contribution in [0.3, 0.4) is 0 Å². The van der Waals surface area contributed by atoms with E-state index in [0.717, 1.165) is 52.9 Å². The van der Waals surface area contributed by atoms with Crippen LogP contribution in [0.5, 0.6) is 5.75 Å². The molecule has 0 saturated heterocycles. The van der Waals surface area contributed by atoms with Crippen LogP contribution in [-0.4, -0.2) is 22.7 Å². The molecule has 0 bridgehead atoms. The molecule has 0 aliphatic heterocycles. The quantitative estimate of drug-likeness (QED) is 0.578. The molecule has 0 unspecified atom stereocenters. The molecule has 4 rings (SSSR count). The Morgan fingerprint density at radius 1 is 1.11 bits per heavy atom. The molecule has 1 fully saturated rings. The molecular weight excluding hydrogens is 418 g/mol. The topological polar surface area (TPSA) is 59.4 Å². The van der Waals surface area contributed by atoms with Gasteiger partial charge in [-0.1, -0.05) is 34.8 Å². The van der Waals surface area contributed by atoms with E-state index < -0.39 is 5.97 Å². The average Bonchev–Trinajstić information content (AvgIpc) is 3.39. The molecule has 0 atom stereocenters. The van der Waals surface area contributed by atoms with Crippen molar-refractivity contribution in [3.8, 4) is 5.75 Å². The molecule has 2 aromatic rings. The van der Waals surface area contributed by atoms with E-state index in [0.29, 0.717) is 5.92 Å². The lowest BCUT2D eigenvalue weighted by Crippen LogP contribution is -2.09. The normalized spacial score (nSPS) is 17.3. The first-order valence-electron chi connectivity index (χ1n) is 9.97. The van der Waals surface area contributed by atoms with Gasteiger partial charge in [-0.15, -0.1) is 0 Å². The number of nitrogens with zero attached hydrogens (tertiary/aromatic N) is 1. The van der Waals surface area contributed by atoms with Crippen LogP contribution in [0.4, 0.5) is 0 Å². The van der Waals surface area contributed by atoms with Crippen LogP contribution >= 0.6 is 15.9 Å². The van der Waals surface area contributed by atoms with Crippen molar-refractivity contribution in [2.45, 2.75) is 44.9 Å². The van der Waals surface area contributed by atoms with E-state index in [-0.39, 0.29) is 5.69 Å².